The first kappa shape index (κ1) is 15.2. The van der Waals surface area contributed by atoms with E-state index < -0.39 is 12.8 Å². The van der Waals surface area contributed by atoms with E-state index in [0.29, 0.717) is 11.3 Å². The van der Waals surface area contributed by atoms with Crippen molar-refractivity contribution in [3.05, 3.63) is 34.6 Å². The molecule has 2 aromatic rings. The van der Waals surface area contributed by atoms with Gasteiger partial charge in [-0.15, -0.1) is 0 Å². The monoisotopic (exact) mass is 302 g/mol. The molecule has 0 aliphatic rings. The number of ether oxygens (including phenoxy) is 1. The molecule has 21 heavy (non-hydrogen) atoms. The van der Waals surface area contributed by atoms with Crippen LogP contribution in [-0.2, 0) is 18.2 Å². The first-order valence-corrected chi connectivity index (χ1v) is 6.07. The van der Waals surface area contributed by atoms with Crippen molar-refractivity contribution < 1.29 is 17.9 Å². The minimum absolute atomic E-state index is 0.0828. The molecule has 114 valence electrons. The molecule has 0 aliphatic carbocycles. The van der Waals surface area contributed by atoms with Crippen LogP contribution in [0.1, 0.15) is 5.82 Å². The van der Waals surface area contributed by atoms with E-state index in [1.165, 1.54) is 6.07 Å². The lowest BCUT2D eigenvalue weighted by molar-refractivity contribution is -0.173. The summed E-state index contributed by atoms with van der Waals surface area (Å²) in [7, 11) is 1.72. The Kier molecular flexibility index (Phi) is 4.41. The molecule has 0 fully saturated rings. The van der Waals surface area contributed by atoms with E-state index in [9.17, 15) is 18.0 Å². The summed E-state index contributed by atoms with van der Waals surface area (Å²) in [6, 6.07) is 1.30. The summed E-state index contributed by atoms with van der Waals surface area (Å²) in [5, 5.41) is 3.97. The number of aromatic nitrogens is 4. The number of alkyl halides is 3. The Hall–Kier alpha value is -2.16. The highest BCUT2D eigenvalue weighted by Crippen LogP contribution is 2.15. The summed E-state index contributed by atoms with van der Waals surface area (Å²) in [6.07, 6.45) is -1.05. The third-order valence-corrected chi connectivity index (χ3v) is 2.54. The van der Waals surface area contributed by atoms with Crippen LogP contribution in [-0.4, -0.2) is 39.1 Å². The van der Waals surface area contributed by atoms with Gasteiger partial charge in [0.15, 0.2) is 0 Å². The van der Waals surface area contributed by atoms with Gasteiger partial charge >= 0.3 is 6.18 Å². The summed E-state index contributed by atoms with van der Waals surface area (Å²) < 4.78 is 41.8. The molecule has 1 N–H and O–H groups in total. The molecule has 2 aromatic heterocycles. The first-order chi connectivity index (χ1) is 9.83. The fourth-order valence-corrected chi connectivity index (χ4v) is 1.68. The third kappa shape index (κ3) is 4.71. The van der Waals surface area contributed by atoms with Crippen molar-refractivity contribution in [3.63, 3.8) is 0 Å². The summed E-state index contributed by atoms with van der Waals surface area (Å²) >= 11 is 0. The largest absolute Gasteiger partial charge is 0.411 e. The predicted molar refractivity (Wildman–Crippen MR) is 67.6 cm³/mol. The standard InChI is InChI=1S/C12H13F3N4O2/c1-19-6-8(5-16-19)9-4-11(20)18-10(17-9)2-3-21-7-12(13,14)15/h4-6H,2-3,7H2,1H3,(H,17,18,20). The Morgan fingerprint density at radius 3 is 2.81 bits per heavy atom. The molecular weight excluding hydrogens is 289 g/mol. The molecule has 2 heterocycles. The molecule has 0 amide bonds. The van der Waals surface area contributed by atoms with Gasteiger partial charge in [0.2, 0.25) is 0 Å². The minimum Gasteiger partial charge on any atom is -0.372 e. The van der Waals surface area contributed by atoms with Crippen molar-refractivity contribution in [1.29, 1.82) is 0 Å². The van der Waals surface area contributed by atoms with Gasteiger partial charge in [-0.25, -0.2) is 4.98 Å². The molecular formula is C12H13F3N4O2. The Balaban J connectivity index is 2.04. The van der Waals surface area contributed by atoms with Gasteiger partial charge in [0, 0.05) is 31.3 Å². The lowest BCUT2D eigenvalue weighted by atomic mass is 10.2. The molecule has 0 aliphatic heterocycles. The topological polar surface area (TPSA) is 72.8 Å². The van der Waals surface area contributed by atoms with E-state index in [4.69, 9.17) is 0 Å². The van der Waals surface area contributed by atoms with E-state index in [2.05, 4.69) is 19.8 Å². The Bertz CT molecular complexity index is 663. The zero-order valence-corrected chi connectivity index (χ0v) is 11.1. The Morgan fingerprint density at radius 2 is 2.19 bits per heavy atom. The van der Waals surface area contributed by atoms with Crippen molar-refractivity contribution in [1.82, 2.24) is 19.7 Å². The lowest BCUT2D eigenvalue weighted by Crippen LogP contribution is -2.19. The second kappa shape index (κ2) is 6.08. The quantitative estimate of drug-likeness (QED) is 0.845. The predicted octanol–water partition coefficient (Wildman–Crippen LogP) is 1.29. The second-order valence-corrected chi connectivity index (χ2v) is 4.40. The van der Waals surface area contributed by atoms with Crippen molar-refractivity contribution in [3.8, 4) is 11.3 Å². The number of nitrogens with zero attached hydrogens (tertiary/aromatic N) is 3. The van der Waals surface area contributed by atoms with Crippen LogP contribution in [0, 0.1) is 0 Å². The summed E-state index contributed by atoms with van der Waals surface area (Å²) in [6.45, 7) is -1.50. The first-order valence-electron chi connectivity index (χ1n) is 6.07. The molecule has 0 saturated carbocycles. The maximum atomic E-state index is 11.9. The van der Waals surface area contributed by atoms with Gasteiger partial charge in [-0.1, -0.05) is 0 Å². The zero-order chi connectivity index (χ0) is 15.5. The second-order valence-electron chi connectivity index (χ2n) is 4.40. The zero-order valence-electron chi connectivity index (χ0n) is 11.1. The Morgan fingerprint density at radius 1 is 1.43 bits per heavy atom. The van der Waals surface area contributed by atoms with Gasteiger partial charge in [-0.3, -0.25) is 9.48 Å². The van der Waals surface area contributed by atoms with Crippen LogP contribution < -0.4 is 5.56 Å². The van der Waals surface area contributed by atoms with Crippen LogP contribution in [0.5, 0.6) is 0 Å². The molecule has 9 heteroatoms. The summed E-state index contributed by atoms with van der Waals surface area (Å²) in [5.41, 5.74) is 0.688. The number of aromatic amines is 1. The van der Waals surface area contributed by atoms with E-state index in [0.717, 1.165) is 0 Å². The number of rotatable bonds is 5. The normalized spacial score (nSPS) is 11.8. The van der Waals surface area contributed by atoms with E-state index >= 15 is 0 Å². The fraction of sp³-hybridized carbons (Fsp3) is 0.417. The maximum absolute atomic E-state index is 11.9. The van der Waals surface area contributed by atoms with Gasteiger partial charge in [0.1, 0.15) is 12.4 Å². The highest BCUT2D eigenvalue weighted by molar-refractivity contribution is 5.56. The minimum atomic E-state index is -4.36. The number of hydrogen-bond acceptors (Lipinski definition) is 4. The third-order valence-electron chi connectivity index (χ3n) is 2.54. The van der Waals surface area contributed by atoms with Crippen LogP contribution in [0.4, 0.5) is 13.2 Å². The van der Waals surface area contributed by atoms with E-state index in [-0.39, 0.29) is 24.4 Å². The van der Waals surface area contributed by atoms with Gasteiger partial charge in [-0.05, 0) is 0 Å². The van der Waals surface area contributed by atoms with Crippen LogP contribution in [0.3, 0.4) is 0 Å². The molecule has 0 aromatic carbocycles. The highest BCUT2D eigenvalue weighted by atomic mass is 19.4. The molecule has 0 saturated heterocycles. The summed E-state index contributed by atoms with van der Waals surface area (Å²) in [5.74, 6) is 0.267. The fourth-order valence-electron chi connectivity index (χ4n) is 1.68. The SMILES string of the molecule is Cn1cc(-c2cc(=O)[nH]c(CCOCC(F)(F)F)n2)cn1. The van der Waals surface area contributed by atoms with Gasteiger partial charge < -0.3 is 9.72 Å². The van der Waals surface area contributed by atoms with Gasteiger partial charge in [0.05, 0.1) is 18.5 Å². The average Bonchev–Trinajstić information content (AvgIpc) is 2.80. The van der Waals surface area contributed by atoms with Crippen molar-refractivity contribution in [2.45, 2.75) is 12.6 Å². The molecule has 6 nitrogen and oxygen atoms in total. The average molecular weight is 302 g/mol. The molecule has 0 radical (unpaired) electrons. The van der Waals surface area contributed by atoms with Crippen LogP contribution in [0.25, 0.3) is 11.3 Å². The lowest BCUT2D eigenvalue weighted by Gasteiger charge is -2.07. The Labute approximate surface area is 117 Å². The van der Waals surface area contributed by atoms with Crippen LogP contribution in [0.15, 0.2) is 23.3 Å². The highest BCUT2D eigenvalue weighted by Gasteiger charge is 2.27. The number of halogens is 3. The van der Waals surface area contributed by atoms with Crippen LogP contribution in [0.2, 0.25) is 0 Å². The number of hydrogen-bond donors (Lipinski definition) is 1. The van der Waals surface area contributed by atoms with Crippen molar-refractivity contribution in [2.24, 2.45) is 7.05 Å². The maximum Gasteiger partial charge on any atom is 0.411 e. The van der Waals surface area contributed by atoms with Crippen molar-refractivity contribution >= 4 is 0 Å². The summed E-state index contributed by atoms with van der Waals surface area (Å²) in [4.78, 5) is 18.2. The van der Waals surface area contributed by atoms with Crippen molar-refractivity contribution in [2.75, 3.05) is 13.2 Å². The number of nitrogens with one attached hydrogen (secondary N) is 1. The number of aryl methyl sites for hydroxylation is 1. The molecule has 0 unspecified atom stereocenters. The number of H-pyrrole nitrogens is 1. The van der Waals surface area contributed by atoms with Crippen LogP contribution >= 0.6 is 0 Å². The van der Waals surface area contributed by atoms with Gasteiger partial charge in [-0.2, -0.15) is 18.3 Å². The molecule has 0 bridgehead atoms. The van der Waals surface area contributed by atoms with E-state index in [1.807, 2.05) is 0 Å². The smallest absolute Gasteiger partial charge is 0.372 e. The van der Waals surface area contributed by atoms with E-state index in [1.54, 1.807) is 24.1 Å². The molecule has 2 rings (SSSR count). The molecule has 0 spiro atoms. The van der Waals surface area contributed by atoms with Gasteiger partial charge in [0.25, 0.3) is 5.56 Å². The molecule has 0 atom stereocenters.